The van der Waals surface area contributed by atoms with Crippen LogP contribution in [0, 0.1) is 11.6 Å². The van der Waals surface area contributed by atoms with Crippen molar-refractivity contribution in [3.63, 3.8) is 0 Å². The molecule has 2 aliphatic rings. The third kappa shape index (κ3) is 8.86. The number of hydrogen-bond donors (Lipinski definition) is 1. The van der Waals surface area contributed by atoms with Gasteiger partial charge in [0, 0.05) is 45.9 Å². The normalized spacial score (nSPS) is 21.0. The Morgan fingerprint density at radius 3 is 2.49 bits per heavy atom. The summed E-state index contributed by atoms with van der Waals surface area (Å²) in [4.78, 5) is 18.7. The molecule has 1 amide bonds. The fraction of sp³-hybridized carbons (Fsp3) is 0.552. The monoisotopic (exact) mass is 547 g/mol. The summed E-state index contributed by atoms with van der Waals surface area (Å²) < 4.78 is 43.7. The zero-order valence-corrected chi connectivity index (χ0v) is 22.6. The molecule has 1 atom stereocenters. The Kier molecular flexibility index (Phi) is 10.5. The zero-order chi connectivity index (χ0) is 27.7. The van der Waals surface area contributed by atoms with Crippen LogP contribution in [-0.4, -0.2) is 104 Å². The standard InChI is InChI=1S/C29H39F2N3O5/c1-37-19-28(35)34-13-12-33(20-29(36,21-34)22-39-25-8-9-26(30)27(31)17-25)18-23-6-5-7-24(16-23)38-15-14-32-10-3-2-4-11-32/h5-9,16-17,36H,2-4,10-15,18-22H2,1H3. The van der Waals surface area contributed by atoms with E-state index in [1.165, 1.54) is 32.4 Å². The van der Waals surface area contributed by atoms with E-state index in [1.807, 2.05) is 24.3 Å². The highest BCUT2D eigenvalue weighted by molar-refractivity contribution is 5.77. The first-order valence-electron chi connectivity index (χ1n) is 13.6. The average molecular weight is 548 g/mol. The Bertz CT molecular complexity index is 1080. The van der Waals surface area contributed by atoms with Crippen molar-refractivity contribution in [3.05, 3.63) is 59.7 Å². The molecule has 2 aliphatic heterocycles. The summed E-state index contributed by atoms with van der Waals surface area (Å²) in [5.41, 5.74) is -0.432. The molecule has 214 valence electrons. The Balaban J connectivity index is 1.40. The second-order valence-corrected chi connectivity index (χ2v) is 10.4. The number of benzene rings is 2. The summed E-state index contributed by atoms with van der Waals surface area (Å²) in [5.74, 6) is -1.35. The lowest BCUT2D eigenvalue weighted by atomic mass is 10.0. The molecule has 2 aromatic carbocycles. The third-order valence-electron chi connectivity index (χ3n) is 7.14. The maximum absolute atomic E-state index is 13.7. The van der Waals surface area contributed by atoms with Gasteiger partial charge in [0.2, 0.25) is 5.91 Å². The van der Waals surface area contributed by atoms with E-state index in [1.54, 1.807) is 4.90 Å². The molecule has 4 rings (SSSR count). The predicted molar refractivity (Wildman–Crippen MR) is 143 cm³/mol. The molecular weight excluding hydrogens is 508 g/mol. The molecule has 2 heterocycles. The first-order valence-corrected chi connectivity index (χ1v) is 13.6. The van der Waals surface area contributed by atoms with Gasteiger partial charge in [0.1, 0.15) is 36.9 Å². The lowest BCUT2D eigenvalue weighted by molar-refractivity contribution is -0.138. The number of halogens is 2. The lowest BCUT2D eigenvalue weighted by Gasteiger charge is -2.33. The Morgan fingerprint density at radius 2 is 1.72 bits per heavy atom. The van der Waals surface area contributed by atoms with E-state index in [0.29, 0.717) is 26.2 Å². The molecule has 0 aliphatic carbocycles. The van der Waals surface area contributed by atoms with E-state index in [9.17, 15) is 18.7 Å². The first-order chi connectivity index (χ1) is 18.8. The summed E-state index contributed by atoms with van der Waals surface area (Å²) in [5, 5.41) is 11.6. The minimum atomic E-state index is -1.45. The summed E-state index contributed by atoms with van der Waals surface area (Å²) >= 11 is 0. The van der Waals surface area contributed by atoms with Gasteiger partial charge in [-0.2, -0.15) is 0 Å². The van der Waals surface area contributed by atoms with Crippen LogP contribution in [0.2, 0.25) is 0 Å². The maximum Gasteiger partial charge on any atom is 0.248 e. The van der Waals surface area contributed by atoms with E-state index in [-0.39, 0.29) is 38.0 Å². The number of β-amino-alcohol motifs (C(OH)–C–C–N with tert-alkyl or cyclic N) is 1. The molecule has 2 fully saturated rings. The molecule has 0 aromatic heterocycles. The lowest BCUT2D eigenvalue weighted by Crippen LogP contribution is -2.52. The number of hydrogen-bond acceptors (Lipinski definition) is 7. The van der Waals surface area contributed by atoms with Gasteiger partial charge >= 0.3 is 0 Å². The molecule has 10 heteroatoms. The minimum absolute atomic E-state index is 0.0228. The molecular formula is C29H39F2N3O5. The van der Waals surface area contributed by atoms with Crippen molar-refractivity contribution in [1.82, 2.24) is 14.7 Å². The van der Waals surface area contributed by atoms with Gasteiger partial charge in [-0.15, -0.1) is 0 Å². The van der Waals surface area contributed by atoms with Gasteiger partial charge in [-0.1, -0.05) is 18.6 Å². The van der Waals surface area contributed by atoms with Gasteiger partial charge in [0.15, 0.2) is 11.6 Å². The highest BCUT2D eigenvalue weighted by atomic mass is 19.2. The van der Waals surface area contributed by atoms with E-state index in [0.717, 1.165) is 43.1 Å². The van der Waals surface area contributed by atoms with Crippen molar-refractivity contribution in [3.8, 4) is 11.5 Å². The van der Waals surface area contributed by atoms with E-state index in [4.69, 9.17) is 14.2 Å². The third-order valence-corrected chi connectivity index (χ3v) is 7.14. The fourth-order valence-electron chi connectivity index (χ4n) is 5.15. The fourth-order valence-corrected chi connectivity index (χ4v) is 5.15. The maximum atomic E-state index is 13.7. The molecule has 8 nitrogen and oxygen atoms in total. The van der Waals surface area contributed by atoms with Crippen LogP contribution in [0.25, 0.3) is 0 Å². The van der Waals surface area contributed by atoms with Crippen LogP contribution in [0.3, 0.4) is 0 Å². The second-order valence-electron chi connectivity index (χ2n) is 10.4. The predicted octanol–water partition coefficient (Wildman–Crippen LogP) is 2.93. The number of nitrogens with zero attached hydrogens (tertiary/aromatic N) is 3. The number of carbonyl (C=O) groups excluding carboxylic acids is 1. The van der Waals surface area contributed by atoms with Crippen molar-refractivity contribution in [2.24, 2.45) is 0 Å². The molecule has 0 radical (unpaired) electrons. The van der Waals surface area contributed by atoms with Crippen molar-refractivity contribution in [2.75, 3.05) is 72.7 Å². The van der Waals surface area contributed by atoms with Crippen LogP contribution in [0.5, 0.6) is 11.5 Å². The number of aliphatic hydroxyl groups is 1. The van der Waals surface area contributed by atoms with Crippen LogP contribution >= 0.6 is 0 Å². The minimum Gasteiger partial charge on any atom is -0.492 e. The number of piperidine rings is 1. The highest BCUT2D eigenvalue weighted by Crippen LogP contribution is 2.22. The van der Waals surface area contributed by atoms with Crippen LogP contribution < -0.4 is 9.47 Å². The van der Waals surface area contributed by atoms with Crippen molar-refractivity contribution < 1.29 is 32.9 Å². The second kappa shape index (κ2) is 14.0. The highest BCUT2D eigenvalue weighted by Gasteiger charge is 2.37. The summed E-state index contributed by atoms with van der Waals surface area (Å²) in [6, 6.07) is 11.1. The quantitative estimate of drug-likeness (QED) is 0.464. The van der Waals surface area contributed by atoms with Gasteiger partial charge in [-0.3, -0.25) is 14.6 Å². The van der Waals surface area contributed by atoms with Crippen molar-refractivity contribution in [2.45, 2.75) is 31.4 Å². The van der Waals surface area contributed by atoms with Crippen LogP contribution in [0.15, 0.2) is 42.5 Å². The van der Waals surface area contributed by atoms with Crippen LogP contribution in [-0.2, 0) is 16.1 Å². The summed E-state index contributed by atoms with van der Waals surface area (Å²) in [7, 11) is 1.45. The largest absolute Gasteiger partial charge is 0.492 e. The number of ether oxygens (including phenoxy) is 3. The Hall–Kier alpha value is -2.79. The molecule has 0 spiro atoms. The molecule has 2 saturated heterocycles. The number of methoxy groups -OCH3 is 1. The Morgan fingerprint density at radius 1 is 0.923 bits per heavy atom. The van der Waals surface area contributed by atoms with Crippen molar-refractivity contribution >= 4 is 5.91 Å². The molecule has 0 saturated carbocycles. The van der Waals surface area contributed by atoms with E-state index < -0.39 is 17.2 Å². The molecule has 39 heavy (non-hydrogen) atoms. The number of carbonyl (C=O) groups is 1. The average Bonchev–Trinajstić information content (AvgIpc) is 3.09. The molecule has 0 bridgehead atoms. The number of likely N-dealkylation sites (tertiary alicyclic amines) is 1. The van der Waals surface area contributed by atoms with Gasteiger partial charge in [-0.05, 0) is 55.8 Å². The van der Waals surface area contributed by atoms with E-state index >= 15 is 0 Å². The molecule has 1 unspecified atom stereocenters. The zero-order valence-electron chi connectivity index (χ0n) is 22.6. The van der Waals surface area contributed by atoms with E-state index in [2.05, 4.69) is 9.80 Å². The van der Waals surface area contributed by atoms with Crippen LogP contribution in [0.1, 0.15) is 24.8 Å². The van der Waals surface area contributed by atoms with Gasteiger partial charge in [0.05, 0.1) is 6.54 Å². The van der Waals surface area contributed by atoms with Crippen molar-refractivity contribution in [1.29, 1.82) is 0 Å². The van der Waals surface area contributed by atoms with Gasteiger partial charge in [-0.25, -0.2) is 8.78 Å². The smallest absolute Gasteiger partial charge is 0.248 e. The molecule has 1 N–H and O–H groups in total. The van der Waals surface area contributed by atoms with Gasteiger partial charge in [0.25, 0.3) is 0 Å². The summed E-state index contributed by atoms with van der Waals surface area (Å²) in [6.45, 7) is 5.20. The van der Waals surface area contributed by atoms with Crippen LogP contribution in [0.4, 0.5) is 8.78 Å². The topological polar surface area (TPSA) is 74.7 Å². The Labute approximate surface area is 229 Å². The number of rotatable bonds is 11. The number of amides is 1. The molecule has 2 aromatic rings. The van der Waals surface area contributed by atoms with Gasteiger partial charge < -0.3 is 24.2 Å². The first kappa shape index (κ1) is 29.2. The summed E-state index contributed by atoms with van der Waals surface area (Å²) in [6.07, 6.45) is 3.80. The SMILES string of the molecule is COCC(=O)N1CCN(Cc2cccc(OCCN3CCCCC3)c2)CC(O)(COc2ccc(F)c(F)c2)C1.